The molecule has 23 heavy (non-hydrogen) atoms. The molecule has 0 aliphatic rings. The molecule has 0 bridgehead atoms. The number of ether oxygens (including phenoxy) is 2. The molecule has 3 nitrogen and oxygen atoms in total. The van der Waals surface area contributed by atoms with E-state index in [9.17, 15) is 4.79 Å². The van der Waals surface area contributed by atoms with Crippen molar-refractivity contribution in [2.45, 2.75) is 32.3 Å². The monoisotopic (exact) mass is 376 g/mol. The minimum Gasteiger partial charge on any atom is -0.496 e. The topological polar surface area (TPSA) is 35.5 Å². The van der Waals surface area contributed by atoms with Gasteiger partial charge in [0, 0.05) is 10.9 Å². The Morgan fingerprint density at radius 3 is 2.61 bits per heavy atom. The summed E-state index contributed by atoms with van der Waals surface area (Å²) < 4.78 is 11.7. The molecule has 0 amide bonds. The molecule has 2 aromatic rings. The zero-order valence-corrected chi connectivity index (χ0v) is 15.0. The van der Waals surface area contributed by atoms with E-state index < -0.39 is 0 Å². The maximum atomic E-state index is 11.9. The Hall–Kier alpha value is -1.81. The largest absolute Gasteiger partial charge is 0.496 e. The van der Waals surface area contributed by atoms with E-state index in [2.05, 4.69) is 22.9 Å². The van der Waals surface area contributed by atoms with E-state index in [1.54, 1.807) is 7.11 Å². The molecule has 0 heterocycles. The van der Waals surface area contributed by atoms with Crippen LogP contribution in [0.25, 0.3) is 0 Å². The minimum absolute atomic E-state index is 0.170. The van der Waals surface area contributed by atoms with E-state index in [0.717, 1.165) is 27.8 Å². The highest BCUT2D eigenvalue weighted by atomic mass is 79.9. The number of methoxy groups -OCH3 is 1. The van der Waals surface area contributed by atoms with E-state index in [1.165, 1.54) is 0 Å². The molecule has 0 radical (unpaired) electrons. The molecule has 0 unspecified atom stereocenters. The Kier molecular flexibility index (Phi) is 6.66. The Labute approximate surface area is 145 Å². The van der Waals surface area contributed by atoms with Gasteiger partial charge in [-0.25, -0.2) is 0 Å². The Morgan fingerprint density at radius 1 is 1.17 bits per heavy atom. The van der Waals surface area contributed by atoms with Gasteiger partial charge in [0.15, 0.2) is 0 Å². The first kappa shape index (κ1) is 17.5. The summed E-state index contributed by atoms with van der Waals surface area (Å²) >= 11 is 3.44. The number of hydrogen-bond acceptors (Lipinski definition) is 3. The van der Waals surface area contributed by atoms with Crippen molar-refractivity contribution in [1.29, 1.82) is 0 Å². The maximum Gasteiger partial charge on any atom is 0.306 e. The van der Waals surface area contributed by atoms with E-state index in [-0.39, 0.29) is 11.9 Å². The predicted molar refractivity (Wildman–Crippen MR) is 94.6 cm³/mol. The molecule has 0 saturated heterocycles. The average Bonchev–Trinajstić information content (AvgIpc) is 2.58. The Morgan fingerprint density at radius 2 is 1.91 bits per heavy atom. The van der Waals surface area contributed by atoms with Gasteiger partial charge in [-0.1, -0.05) is 59.3 Å². The highest BCUT2D eigenvalue weighted by molar-refractivity contribution is 9.10. The Balaban J connectivity index is 1.84. The number of esters is 1. The molecule has 0 saturated carbocycles. The van der Waals surface area contributed by atoms with Crippen molar-refractivity contribution in [3.05, 3.63) is 64.1 Å². The third-order valence-corrected chi connectivity index (χ3v) is 4.24. The molecule has 0 N–H and O–H groups in total. The lowest BCUT2D eigenvalue weighted by Gasteiger charge is -2.15. The lowest BCUT2D eigenvalue weighted by atomic mass is 9.95. The van der Waals surface area contributed by atoms with Gasteiger partial charge in [0.1, 0.15) is 12.4 Å². The third-order valence-electron chi connectivity index (χ3n) is 3.75. The fourth-order valence-corrected chi connectivity index (χ4v) is 2.73. The zero-order chi connectivity index (χ0) is 16.7. The van der Waals surface area contributed by atoms with Crippen LogP contribution in [0, 0.1) is 0 Å². The summed E-state index contributed by atoms with van der Waals surface area (Å²) in [5.41, 5.74) is 2.11. The van der Waals surface area contributed by atoms with Crippen LogP contribution in [-0.4, -0.2) is 13.1 Å². The van der Waals surface area contributed by atoms with Crippen LogP contribution in [0.15, 0.2) is 53.0 Å². The van der Waals surface area contributed by atoms with Crippen molar-refractivity contribution in [1.82, 2.24) is 0 Å². The van der Waals surface area contributed by atoms with Crippen LogP contribution in [0.4, 0.5) is 0 Å². The molecular formula is C19H21BrO3. The van der Waals surface area contributed by atoms with Gasteiger partial charge in [0.2, 0.25) is 0 Å². The van der Waals surface area contributed by atoms with Crippen LogP contribution >= 0.6 is 15.9 Å². The summed E-state index contributed by atoms with van der Waals surface area (Å²) in [7, 11) is 1.66. The molecule has 4 heteroatoms. The van der Waals surface area contributed by atoms with E-state index >= 15 is 0 Å². The molecule has 0 spiro atoms. The lowest BCUT2D eigenvalue weighted by Crippen LogP contribution is -2.07. The molecule has 1 atom stereocenters. The maximum absolute atomic E-state index is 11.9. The lowest BCUT2D eigenvalue weighted by molar-refractivity contribution is -0.145. The van der Waals surface area contributed by atoms with Crippen LogP contribution < -0.4 is 4.74 Å². The van der Waals surface area contributed by atoms with Crippen molar-refractivity contribution in [2.24, 2.45) is 0 Å². The van der Waals surface area contributed by atoms with E-state index in [4.69, 9.17) is 9.47 Å². The summed E-state index contributed by atoms with van der Waals surface area (Å²) in [6.07, 6.45) is 1.12. The highest BCUT2D eigenvalue weighted by Crippen LogP contribution is 2.32. The summed E-state index contributed by atoms with van der Waals surface area (Å²) in [6, 6.07) is 15.7. The molecule has 2 rings (SSSR count). The molecule has 0 aromatic heterocycles. The van der Waals surface area contributed by atoms with Crippen molar-refractivity contribution < 1.29 is 14.3 Å². The van der Waals surface area contributed by atoms with Crippen LogP contribution in [0.5, 0.6) is 5.75 Å². The normalized spacial score (nSPS) is 11.8. The fraction of sp³-hybridized carbons (Fsp3) is 0.316. The molecular weight excluding hydrogens is 356 g/mol. The summed E-state index contributed by atoms with van der Waals surface area (Å²) in [4.78, 5) is 11.9. The average molecular weight is 377 g/mol. The van der Waals surface area contributed by atoms with Gasteiger partial charge in [0.25, 0.3) is 0 Å². The van der Waals surface area contributed by atoms with Gasteiger partial charge < -0.3 is 9.47 Å². The quantitative estimate of drug-likeness (QED) is 0.631. The minimum atomic E-state index is -0.170. The predicted octanol–water partition coefficient (Wildman–Crippen LogP) is 5.08. The van der Waals surface area contributed by atoms with Crippen molar-refractivity contribution in [3.8, 4) is 5.75 Å². The standard InChI is InChI=1S/C19H21BrO3/c1-14(17-10-9-16(20)12-18(17)22-2)8-11-19(21)23-13-15-6-4-3-5-7-15/h3-7,9-10,12,14H,8,11,13H2,1-2H3/t14-/m0/s1. The molecule has 0 aliphatic carbocycles. The van der Waals surface area contributed by atoms with Crippen LogP contribution in [0.3, 0.4) is 0 Å². The third kappa shape index (κ3) is 5.39. The summed E-state index contributed by atoms with van der Waals surface area (Å²) in [5.74, 6) is 0.892. The molecule has 2 aromatic carbocycles. The van der Waals surface area contributed by atoms with Gasteiger partial charge in [-0.2, -0.15) is 0 Å². The SMILES string of the molecule is COc1cc(Br)ccc1[C@@H](C)CCC(=O)OCc1ccccc1. The second-order valence-electron chi connectivity index (χ2n) is 5.47. The van der Waals surface area contributed by atoms with E-state index in [0.29, 0.717) is 13.0 Å². The molecule has 0 fully saturated rings. The van der Waals surface area contributed by atoms with Crippen LogP contribution in [0.1, 0.15) is 36.8 Å². The first-order chi connectivity index (χ1) is 11.1. The number of benzene rings is 2. The van der Waals surface area contributed by atoms with Gasteiger partial charge >= 0.3 is 5.97 Å². The summed E-state index contributed by atoms with van der Waals surface area (Å²) in [5, 5.41) is 0. The van der Waals surface area contributed by atoms with Gasteiger partial charge in [-0.05, 0) is 35.6 Å². The fourth-order valence-electron chi connectivity index (χ4n) is 2.39. The number of hydrogen-bond donors (Lipinski definition) is 0. The van der Waals surface area contributed by atoms with Gasteiger partial charge in [0.05, 0.1) is 7.11 Å². The zero-order valence-electron chi connectivity index (χ0n) is 13.4. The number of rotatable bonds is 7. The smallest absolute Gasteiger partial charge is 0.306 e. The van der Waals surface area contributed by atoms with Crippen molar-refractivity contribution in [3.63, 3.8) is 0 Å². The van der Waals surface area contributed by atoms with Crippen LogP contribution in [-0.2, 0) is 16.1 Å². The number of carbonyl (C=O) groups excluding carboxylic acids is 1. The summed E-state index contributed by atoms with van der Waals surface area (Å²) in [6.45, 7) is 2.42. The second-order valence-corrected chi connectivity index (χ2v) is 6.39. The molecule has 122 valence electrons. The number of halogens is 1. The first-order valence-electron chi connectivity index (χ1n) is 7.63. The Bertz CT molecular complexity index is 640. The highest BCUT2D eigenvalue weighted by Gasteiger charge is 2.14. The first-order valence-corrected chi connectivity index (χ1v) is 8.42. The van der Waals surface area contributed by atoms with Gasteiger partial charge in [-0.3, -0.25) is 4.79 Å². The van der Waals surface area contributed by atoms with Crippen molar-refractivity contribution in [2.75, 3.05) is 7.11 Å². The second kappa shape index (κ2) is 8.73. The molecule has 0 aliphatic heterocycles. The van der Waals surface area contributed by atoms with E-state index in [1.807, 2.05) is 48.5 Å². The number of carbonyl (C=O) groups is 1. The van der Waals surface area contributed by atoms with Gasteiger partial charge in [-0.15, -0.1) is 0 Å². The van der Waals surface area contributed by atoms with Crippen LogP contribution in [0.2, 0.25) is 0 Å². The van der Waals surface area contributed by atoms with Crippen molar-refractivity contribution >= 4 is 21.9 Å².